The van der Waals surface area contributed by atoms with Crippen LogP contribution in [0.1, 0.15) is 22.7 Å². The molecule has 1 saturated heterocycles. The number of rotatable bonds is 9. The minimum absolute atomic E-state index is 0.00673. The van der Waals surface area contributed by atoms with Crippen molar-refractivity contribution in [2.75, 3.05) is 34.5 Å². The standard InChI is InChI=1S/C29H29NO7/c1-18-16-20(8-13-24(18)36-4)27(31)25-26(19-6-5-7-23(17-19)35-3)30(29(33)28(25)32)14-15-37-22-11-9-21(34-2)10-12-22/h5-13,16-17,26,31H,14-15H2,1-4H3/b27-25-. The Morgan fingerprint density at radius 1 is 0.865 bits per heavy atom. The maximum absolute atomic E-state index is 13.3. The largest absolute Gasteiger partial charge is 0.507 e. The molecule has 192 valence electrons. The van der Waals surface area contributed by atoms with Crippen LogP contribution in [-0.4, -0.2) is 56.2 Å². The van der Waals surface area contributed by atoms with Gasteiger partial charge in [-0.25, -0.2) is 0 Å². The third-order valence-corrected chi connectivity index (χ3v) is 6.28. The Morgan fingerprint density at radius 3 is 2.22 bits per heavy atom. The highest BCUT2D eigenvalue weighted by Crippen LogP contribution is 2.40. The summed E-state index contributed by atoms with van der Waals surface area (Å²) in [5, 5.41) is 11.3. The molecule has 1 atom stereocenters. The molecule has 1 aliphatic heterocycles. The van der Waals surface area contributed by atoms with Crippen LogP contribution in [-0.2, 0) is 9.59 Å². The number of amides is 1. The number of ether oxygens (including phenoxy) is 4. The number of carbonyl (C=O) groups excluding carboxylic acids is 2. The maximum Gasteiger partial charge on any atom is 0.295 e. The van der Waals surface area contributed by atoms with E-state index in [4.69, 9.17) is 18.9 Å². The number of nitrogens with zero attached hydrogens (tertiary/aromatic N) is 1. The number of hydrogen-bond donors (Lipinski definition) is 1. The van der Waals surface area contributed by atoms with Gasteiger partial charge < -0.3 is 29.0 Å². The van der Waals surface area contributed by atoms with E-state index in [1.807, 2.05) is 6.92 Å². The number of likely N-dealkylation sites (tertiary alicyclic amines) is 1. The molecule has 0 aromatic heterocycles. The first-order valence-corrected chi connectivity index (χ1v) is 11.7. The molecule has 3 aromatic rings. The van der Waals surface area contributed by atoms with Gasteiger partial charge >= 0.3 is 0 Å². The summed E-state index contributed by atoms with van der Waals surface area (Å²) >= 11 is 0. The third kappa shape index (κ3) is 5.23. The third-order valence-electron chi connectivity index (χ3n) is 6.28. The van der Waals surface area contributed by atoms with Gasteiger partial charge in [-0.2, -0.15) is 0 Å². The van der Waals surface area contributed by atoms with Crippen LogP contribution in [0.5, 0.6) is 23.0 Å². The molecule has 8 heteroatoms. The van der Waals surface area contributed by atoms with Crippen LogP contribution in [0.25, 0.3) is 5.76 Å². The second kappa shape index (κ2) is 11.1. The summed E-state index contributed by atoms with van der Waals surface area (Å²) in [5.74, 6) is 0.792. The van der Waals surface area contributed by atoms with Gasteiger partial charge in [-0.15, -0.1) is 0 Å². The van der Waals surface area contributed by atoms with Crippen molar-refractivity contribution in [2.45, 2.75) is 13.0 Å². The van der Waals surface area contributed by atoms with E-state index in [0.717, 1.165) is 5.56 Å². The lowest BCUT2D eigenvalue weighted by Crippen LogP contribution is -2.33. The maximum atomic E-state index is 13.3. The van der Waals surface area contributed by atoms with E-state index in [0.29, 0.717) is 34.1 Å². The van der Waals surface area contributed by atoms with Crippen molar-refractivity contribution >= 4 is 17.4 Å². The zero-order valence-electron chi connectivity index (χ0n) is 21.2. The van der Waals surface area contributed by atoms with Crippen LogP contribution in [0.3, 0.4) is 0 Å². The van der Waals surface area contributed by atoms with Crippen molar-refractivity contribution < 1.29 is 33.6 Å². The molecule has 1 heterocycles. The predicted octanol–water partition coefficient (Wildman–Crippen LogP) is 4.52. The van der Waals surface area contributed by atoms with Gasteiger partial charge in [0.1, 0.15) is 35.4 Å². The van der Waals surface area contributed by atoms with E-state index in [-0.39, 0.29) is 24.5 Å². The highest BCUT2D eigenvalue weighted by molar-refractivity contribution is 6.46. The molecule has 3 aromatic carbocycles. The Labute approximate surface area is 215 Å². The molecule has 0 spiro atoms. The number of benzene rings is 3. The first kappa shape index (κ1) is 25.6. The fourth-order valence-electron chi connectivity index (χ4n) is 4.38. The minimum atomic E-state index is -0.822. The summed E-state index contributed by atoms with van der Waals surface area (Å²) in [7, 11) is 4.68. The summed E-state index contributed by atoms with van der Waals surface area (Å²) in [6.45, 7) is 2.10. The van der Waals surface area contributed by atoms with Crippen LogP contribution in [0.4, 0.5) is 0 Å². The lowest BCUT2D eigenvalue weighted by molar-refractivity contribution is -0.140. The van der Waals surface area contributed by atoms with Crippen LogP contribution >= 0.6 is 0 Å². The second-order valence-electron chi connectivity index (χ2n) is 8.48. The second-order valence-corrected chi connectivity index (χ2v) is 8.48. The molecule has 1 amide bonds. The van der Waals surface area contributed by atoms with Crippen LogP contribution in [0, 0.1) is 6.92 Å². The number of ketones is 1. The SMILES string of the molecule is COc1ccc(OCCN2C(=O)C(=O)/C(=C(\O)c3ccc(OC)c(C)c3)C2c2cccc(OC)c2)cc1. The zero-order chi connectivity index (χ0) is 26.5. The van der Waals surface area contributed by atoms with E-state index < -0.39 is 17.7 Å². The summed E-state index contributed by atoms with van der Waals surface area (Å²) in [6.07, 6.45) is 0. The average molecular weight is 504 g/mol. The average Bonchev–Trinajstić information content (AvgIpc) is 3.18. The van der Waals surface area contributed by atoms with Crippen molar-refractivity contribution in [1.82, 2.24) is 4.90 Å². The highest BCUT2D eigenvalue weighted by atomic mass is 16.5. The Balaban J connectivity index is 1.70. The fraction of sp³-hybridized carbons (Fsp3) is 0.241. The van der Waals surface area contributed by atoms with Crippen molar-refractivity contribution in [3.8, 4) is 23.0 Å². The highest BCUT2D eigenvalue weighted by Gasteiger charge is 2.46. The van der Waals surface area contributed by atoms with Crippen LogP contribution < -0.4 is 18.9 Å². The molecular weight excluding hydrogens is 474 g/mol. The molecule has 0 radical (unpaired) electrons. The number of hydrogen-bond acceptors (Lipinski definition) is 7. The first-order chi connectivity index (χ1) is 17.9. The van der Waals surface area contributed by atoms with Gasteiger partial charge in [-0.3, -0.25) is 9.59 Å². The fourth-order valence-corrected chi connectivity index (χ4v) is 4.38. The number of methoxy groups -OCH3 is 3. The Bertz CT molecular complexity index is 1330. The van der Waals surface area contributed by atoms with Crippen molar-refractivity contribution in [1.29, 1.82) is 0 Å². The molecule has 37 heavy (non-hydrogen) atoms. The van der Waals surface area contributed by atoms with Crippen molar-refractivity contribution in [3.05, 3.63) is 89.0 Å². The number of aliphatic hydroxyl groups excluding tert-OH is 1. The van der Waals surface area contributed by atoms with Gasteiger partial charge in [0.05, 0.1) is 39.5 Å². The minimum Gasteiger partial charge on any atom is -0.507 e. The topological polar surface area (TPSA) is 94.5 Å². The van der Waals surface area contributed by atoms with Crippen molar-refractivity contribution in [3.63, 3.8) is 0 Å². The summed E-state index contributed by atoms with van der Waals surface area (Å²) in [5.41, 5.74) is 1.84. The monoisotopic (exact) mass is 503 g/mol. The number of carbonyl (C=O) groups is 2. The molecule has 1 N–H and O–H groups in total. The molecule has 0 bridgehead atoms. The van der Waals surface area contributed by atoms with Crippen LogP contribution in [0.15, 0.2) is 72.3 Å². The van der Waals surface area contributed by atoms with E-state index in [1.165, 1.54) is 4.90 Å². The van der Waals surface area contributed by atoms with E-state index in [9.17, 15) is 14.7 Å². The van der Waals surface area contributed by atoms with E-state index in [2.05, 4.69) is 0 Å². The van der Waals surface area contributed by atoms with Crippen molar-refractivity contribution in [2.24, 2.45) is 0 Å². The summed E-state index contributed by atoms with van der Waals surface area (Å²) in [4.78, 5) is 27.9. The van der Waals surface area contributed by atoms with Gasteiger partial charge in [0.25, 0.3) is 11.7 Å². The first-order valence-electron chi connectivity index (χ1n) is 11.7. The van der Waals surface area contributed by atoms with Gasteiger partial charge in [0.2, 0.25) is 0 Å². The Morgan fingerprint density at radius 2 is 1.57 bits per heavy atom. The van der Waals surface area contributed by atoms with Crippen LogP contribution in [0.2, 0.25) is 0 Å². The van der Waals surface area contributed by atoms with Gasteiger partial charge in [-0.05, 0) is 72.6 Å². The van der Waals surface area contributed by atoms with Gasteiger partial charge in [0.15, 0.2) is 0 Å². The summed E-state index contributed by atoms with van der Waals surface area (Å²) in [6, 6.07) is 18.4. The lowest BCUT2D eigenvalue weighted by atomic mass is 9.94. The Hall–Kier alpha value is -4.46. The number of aliphatic hydroxyl groups is 1. The van der Waals surface area contributed by atoms with Gasteiger partial charge in [-0.1, -0.05) is 12.1 Å². The smallest absolute Gasteiger partial charge is 0.295 e. The molecule has 0 aliphatic carbocycles. The molecule has 0 saturated carbocycles. The van der Waals surface area contributed by atoms with E-state index in [1.54, 1.807) is 88.1 Å². The quantitative estimate of drug-likeness (QED) is 0.261. The predicted molar refractivity (Wildman–Crippen MR) is 138 cm³/mol. The van der Waals surface area contributed by atoms with E-state index >= 15 is 0 Å². The number of aryl methyl sites for hydroxylation is 1. The molecule has 8 nitrogen and oxygen atoms in total. The molecule has 1 fully saturated rings. The normalized spacial score (nSPS) is 16.5. The lowest BCUT2D eigenvalue weighted by Gasteiger charge is -2.25. The zero-order valence-corrected chi connectivity index (χ0v) is 21.2. The molecular formula is C29H29NO7. The number of Topliss-reactive ketones (excluding diaryl/α,β-unsaturated/α-hetero) is 1. The molecule has 1 unspecified atom stereocenters. The molecule has 4 rings (SSSR count). The molecule has 1 aliphatic rings. The van der Waals surface area contributed by atoms with Gasteiger partial charge in [0, 0.05) is 5.56 Å². The Kier molecular flexibility index (Phi) is 7.67. The summed E-state index contributed by atoms with van der Waals surface area (Å²) < 4.78 is 21.7.